The van der Waals surface area contributed by atoms with Crippen LogP contribution in [0.25, 0.3) is 6.08 Å². The average molecular weight is 365 g/mol. The third kappa shape index (κ3) is 6.62. The first-order chi connectivity index (χ1) is 12.8. The van der Waals surface area contributed by atoms with Crippen molar-refractivity contribution >= 4 is 23.6 Å². The number of carbonyl (C=O) groups excluding carboxylic acids is 2. The van der Waals surface area contributed by atoms with Gasteiger partial charge in [-0.3, -0.25) is 20.4 Å². The first-order valence-corrected chi connectivity index (χ1v) is 9.03. The Morgan fingerprint density at radius 3 is 2.33 bits per heavy atom. The second kappa shape index (κ2) is 9.57. The summed E-state index contributed by atoms with van der Waals surface area (Å²) >= 11 is 0. The van der Waals surface area contributed by atoms with Crippen LogP contribution in [0.4, 0.5) is 5.69 Å². The Bertz CT molecular complexity index is 824. The van der Waals surface area contributed by atoms with Crippen LogP contribution in [-0.4, -0.2) is 18.4 Å². The molecule has 3 N–H and O–H groups in total. The van der Waals surface area contributed by atoms with E-state index in [9.17, 15) is 9.59 Å². The topological polar surface area (TPSA) is 70.2 Å². The fourth-order valence-electron chi connectivity index (χ4n) is 2.57. The van der Waals surface area contributed by atoms with Crippen molar-refractivity contribution in [2.24, 2.45) is 0 Å². The van der Waals surface area contributed by atoms with E-state index < -0.39 is 0 Å². The molecule has 0 aliphatic rings. The molecule has 0 saturated heterocycles. The second-order valence-electron chi connectivity index (χ2n) is 6.86. The van der Waals surface area contributed by atoms with Crippen molar-refractivity contribution in [2.45, 2.75) is 33.6 Å². The monoisotopic (exact) mass is 365 g/mol. The Kier molecular flexibility index (Phi) is 7.17. The lowest BCUT2D eigenvalue weighted by atomic mass is 10.0. The van der Waals surface area contributed by atoms with Crippen molar-refractivity contribution in [1.29, 1.82) is 0 Å². The summed E-state index contributed by atoms with van der Waals surface area (Å²) in [5, 5.41) is 3.05. The summed E-state index contributed by atoms with van der Waals surface area (Å²) in [5.74, 6) is -0.236. The third-order valence-corrected chi connectivity index (χ3v) is 4.18. The van der Waals surface area contributed by atoms with Gasteiger partial charge in [-0.25, -0.2) is 0 Å². The van der Waals surface area contributed by atoms with Crippen molar-refractivity contribution in [3.8, 4) is 0 Å². The summed E-state index contributed by atoms with van der Waals surface area (Å²) in [5.41, 5.74) is 10.1. The molecule has 5 nitrogen and oxygen atoms in total. The standard InChI is InChI=1S/C22H27N3O2/c1-15(2)19-9-6-18(7-10-19)8-12-21(26)24-25-22(27)14-23-20-11-5-16(3)13-17(20)4/h5-13,15,23H,14H2,1-4H3,(H,24,26)(H,25,27)/b12-8+. The minimum atomic E-state index is -0.386. The Hall–Kier alpha value is -3.08. The largest absolute Gasteiger partial charge is 0.376 e. The van der Waals surface area contributed by atoms with Gasteiger partial charge in [0, 0.05) is 11.8 Å². The molecular formula is C22H27N3O2. The van der Waals surface area contributed by atoms with E-state index in [0.717, 1.165) is 16.8 Å². The molecule has 0 atom stereocenters. The quantitative estimate of drug-likeness (QED) is 0.540. The van der Waals surface area contributed by atoms with Crippen LogP contribution in [0.2, 0.25) is 0 Å². The van der Waals surface area contributed by atoms with Gasteiger partial charge in [0.1, 0.15) is 0 Å². The third-order valence-electron chi connectivity index (χ3n) is 4.18. The van der Waals surface area contributed by atoms with Crippen molar-refractivity contribution in [2.75, 3.05) is 11.9 Å². The molecule has 0 aliphatic carbocycles. The molecule has 5 heteroatoms. The van der Waals surface area contributed by atoms with Crippen molar-refractivity contribution in [3.63, 3.8) is 0 Å². The molecule has 0 bridgehead atoms. The van der Waals surface area contributed by atoms with Crippen LogP contribution in [0.15, 0.2) is 48.5 Å². The zero-order chi connectivity index (χ0) is 19.8. The molecule has 0 saturated carbocycles. The number of hydrogen-bond acceptors (Lipinski definition) is 3. The number of anilines is 1. The molecule has 2 amide bonds. The fraction of sp³-hybridized carbons (Fsp3) is 0.273. The lowest BCUT2D eigenvalue weighted by Crippen LogP contribution is -2.43. The van der Waals surface area contributed by atoms with Gasteiger partial charge in [0.2, 0.25) is 0 Å². The highest BCUT2D eigenvalue weighted by molar-refractivity contribution is 5.93. The highest BCUT2D eigenvalue weighted by Crippen LogP contribution is 2.16. The van der Waals surface area contributed by atoms with Gasteiger partial charge < -0.3 is 5.32 Å². The van der Waals surface area contributed by atoms with Crippen LogP contribution >= 0.6 is 0 Å². The number of hydrazine groups is 1. The maximum atomic E-state index is 11.9. The summed E-state index contributed by atoms with van der Waals surface area (Å²) in [6.45, 7) is 8.34. The van der Waals surface area contributed by atoms with Crippen LogP contribution in [0.1, 0.15) is 42.0 Å². The normalized spacial score (nSPS) is 10.9. The SMILES string of the molecule is Cc1ccc(NCC(=O)NNC(=O)/C=C/c2ccc(C(C)C)cc2)c(C)c1. The Morgan fingerprint density at radius 2 is 1.70 bits per heavy atom. The van der Waals surface area contributed by atoms with E-state index in [0.29, 0.717) is 5.92 Å². The van der Waals surface area contributed by atoms with E-state index in [2.05, 4.69) is 30.0 Å². The molecule has 0 radical (unpaired) electrons. The van der Waals surface area contributed by atoms with Gasteiger partial charge in [0.25, 0.3) is 11.8 Å². The maximum Gasteiger partial charge on any atom is 0.262 e. The Labute approximate surface area is 160 Å². The Balaban J connectivity index is 1.76. The van der Waals surface area contributed by atoms with Gasteiger partial charge in [0.05, 0.1) is 6.54 Å². The summed E-state index contributed by atoms with van der Waals surface area (Å²) in [6, 6.07) is 14.0. The highest BCUT2D eigenvalue weighted by Gasteiger charge is 2.04. The summed E-state index contributed by atoms with van der Waals surface area (Å²) in [7, 11) is 0. The van der Waals surface area contributed by atoms with Crippen molar-refractivity contribution in [3.05, 3.63) is 70.8 Å². The molecule has 27 heavy (non-hydrogen) atoms. The number of hydrogen-bond donors (Lipinski definition) is 3. The smallest absolute Gasteiger partial charge is 0.262 e. The van der Waals surface area contributed by atoms with Gasteiger partial charge >= 0.3 is 0 Å². The number of carbonyl (C=O) groups is 2. The van der Waals surface area contributed by atoms with E-state index in [1.165, 1.54) is 17.2 Å². The molecule has 142 valence electrons. The van der Waals surface area contributed by atoms with E-state index in [1.807, 2.05) is 56.3 Å². The zero-order valence-electron chi connectivity index (χ0n) is 16.3. The zero-order valence-corrected chi connectivity index (χ0v) is 16.3. The van der Waals surface area contributed by atoms with Gasteiger partial charge in [-0.1, -0.05) is 55.8 Å². The maximum absolute atomic E-state index is 11.9. The van der Waals surface area contributed by atoms with Crippen molar-refractivity contribution in [1.82, 2.24) is 10.9 Å². The van der Waals surface area contributed by atoms with Crippen LogP contribution in [0, 0.1) is 13.8 Å². The number of amides is 2. The lowest BCUT2D eigenvalue weighted by molar-refractivity contribution is -0.125. The number of aryl methyl sites for hydroxylation is 2. The minimum Gasteiger partial charge on any atom is -0.376 e. The van der Waals surface area contributed by atoms with Crippen LogP contribution in [0.3, 0.4) is 0 Å². The molecule has 2 aromatic carbocycles. The molecule has 2 aromatic rings. The molecule has 0 aliphatic heterocycles. The average Bonchev–Trinajstić information content (AvgIpc) is 2.64. The van der Waals surface area contributed by atoms with Crippen LogP contribution in [-0.2, 0) is 9.59 Å². The van der Waals surface area contributed by atoms with Gasteiger partial charge in [-0.15, -0.1) is 0 Å². The van der Waals surface area contributed by atoms with Gasteiger partial charge in [-0.05, 0) is 48.6 Å². The fourth-order valence-corrected chi connectivity index (χ4v) is 2.57. The summed E-state index contributed by atoms with van der Waals surface area (Å²) < 4.78 is 0. The van der Waals surface area contributed by atoms with Crippen molar-refractivity contribution < 1.29 is 9.59 Å². The van der Waals surface area contributed by atoms with E-state index in [1.54, 1.807) is 6.08 Å². The van der Waals surface area contributed by atoms with Gasteiger partial charge in [-0.2, -0.15) is 0 Å². The molecule has 0 unspecified atom stereocenters. The predicted octanol–water partition coefficient (Wildman–Crippen LogP) is 3.70. The molecule has 0 aromatic heterocycles. The summed E-state index contributed by atoms with van der Waals surface area (Å²) in [4.78, 5) is 23.7. The van der Waals surface area contributed by atoms with Crippen LogP contribution < -0.4 is 16.2 Å². The van der Waals surface area contributed by atoms with E-state index in [-0.39, 0.29) is 18.4 Å². The molecular weight excluding hydrogens is 338 g/mol. The van der Waals surface area contributed by atoms with E-state index in [4.69, 9.17) is 0 Å². The minimum absolute atomic E-state index is 0.0740. The predicted molar refractivity (Wildman–Crippen MR) is 110 cm³/mol. The lowest BCUT2D eigenvalue weighted by Gasteiger charge is -2.10. The number of nitrogens with one attached hydrogen (secondary N) is 3. The van der Waals surface area contributed by atoms with Crippen LogP contribution in [0.5, 0.6) is 0 Å². The first kappa shape index (κ1) is 20.2. The number of benzene rings is 2. The molecule has 0 heterocycles. The Morgan fingerprint density at radius 1 is 1.00 bits per heavy atom. The first-order valence-electron chi connectivity index (χ1n) is 9.03. The molecule has 0 fully saturated rings. The van der Waals surface area contributed by atoms with E-state index >= 15 is 0 Å². The second-order valence-corrected chi connectivity index (χ2v) is 6.86. The molecule has 0 spiro atoms. The number of rotatable bonds is 6. The van der Waals surface area contributed by atoms with Gasteiger partial charge in [0.15, 0.2) is 0 Å². The summed E-state index contributed by atoms with van der Waals surface area (Å²) in [6.07, 6.45) is 3.10. The molecule has 2 rings (SSSR count). The highest BCUT2D eigenvalue weighted by atomic mass is 16.2.